The van der Waals surface area contributed by atoms with Crippen molar-refractivity contribution in [3.8, 4) is 0 Å². The molecule has 0 aliphatic heterocycles. The molecule has 3 aromatic rings. The number of nitrogens with zero attached hydrogens (tertiary/aromatic N) is 3. The van der Waals surface area contributed by atoms with Crippen LogP contribution in [0.3, 0.4) is 0 Å². The van der Waals surface area contributed by atoms with Crippen molar-refractivity contribution in [2.45, 2.75) is 38.5 Å². The highest BCUT2D eigenvalue weighted by molar-refractivity contribution is 6.30. The Labute approximate surface area is 172 Å². The third kappa shape index (κ3) is 5.29. The lowest BCUT2D eigenvalue weighted by Gasteiger charge is -2.27. The maximum atomic E-state index is 11.8. The number of hydrogen-bond acceptors (Lipinski definition) is 3. The predicted molar refractivity (Wildman–Crippen MR) is 113 cm³/mol. The molecule has 0 fully saturated rings. The number of carbonyl (C=O) groups is 1. The molecule has 146 valence electrons. The van der Waals surface area contributed by atoms with E-state index in [9.17, 15) is 4.79 Å². The minimum Gasteiger partial charge on any atom is -0.303 e. The Hall–Kier alpha value is -2.46. The van der Waals surface area contributed by atoms with Gasteiger partial charge in [-0.3, -0.25) is 4.68 Å². The van der Waals surface area contributed by atoms with Gasteiger partial charge in [-0.1, -0.05) is 58.8 Å². The van der Waals surface area contributed by atoms with E-state index in [2.05, 4.69) is 41.5 Å². The van der Waals surface area contributed by atoms with Crippen LogP contribution in [0.4, 0.5) is 0 Å². The van der Waals surface area contributed by atoms with Gasteiger partial charge in [0.05, 0.1) is 5.69 Å². The summed E-state index contributed by atoms with van der Waals surface area (Å²) in [6.07, 6.45) is 4.12. The van der Waals surface area contributed by atoms with Crippen LogP contribution in [0, 0.1) is 12.8 Å². The molecule has 1 aromatic heterocycles. The number of halogens is 1. The molecular weight excluding hydrogens is 370 g/mol. The molecule has 2 aromatic carbocycles. The van der Waals surface area contributed by atoms with Crippen molar-refractivity contribution in [2.75, 3.05) is 0 Å². The van der Waals surface area contributed by atoms with Crippen LogP contribution < -0.4 is 0 Å². The number of aryl methyl sites for hydroxylation is 3. The fourth-order valence-electron chi connectivity index (χ4n) is 3.73. The zero-order valence-corrected chi connectivity index (χ0v) is 17.1. The zero-order chi connectivity index (χ0) is 20.8. The first-order valence-electron chi connectivity index (χ1n) is 10.1. The maximum absolute atomic E-state index is 11.8. The van der Waals surface area contributed by atoms with Crippen LogP contribution >= 0.6 is 11.6 Å². The molecule has 0 bridgehead atoms. The average Bonchev–Trinajstić information content (AvgIpc) is 3.09. The zero-order valence-electron chi connectivity index (χ0n) is 17.3. The Balaban J connectivity index is 1.87. The first-order chi connectivity index (χ1) is 13.9. The second kappa shape index (κ2) is 9.65. The van der Waals surface area contributed by atoms with Gasteiger partial charge in [-0.15, -0.1) is 5.10 Å². The maximum Gasteiger partial charge on any atom is 0.120 e. The van der Waals surface area contributed by atoms with E-state index in [0.717, 1.165) is 36.1 Å². The molecule has 0 amide bonds. The van der Waals surface area contributed by atoms with Crippen molar-refractivity contribution in [1.29, 1.82) is 0 Å². The number of benzene rings is 2. The summed E-state index contributed by atoms with van der Waals surface area (Å²) >= 11 is 6.10. The molecule has 28 heavy (non-hydrogen) atoms. The van der Waals surface area contributed by atoms with Crippen molar-refractivity contribution in [3.05, 3.63) is 82.1 Å². The number of aromatic nitrogens is 3. The predicted octanol–water partition coefficient (Wildman–Crippen LogP) is 5.14. The smallest absolute Gasteiger partial charge is 0.120 e. The molecule has 0 saturated carbocycles. The van der Waals surface area contributed by atoms with Crippen molar-refractivity contribution in [2.24, 2.45) is 13.0 Å². The molecule has 0 aliphatic carbocycles. The average molecular weight is 397 g/mol. The van der Waals surface area contributed by atoms with Gasteiger partial charge in [-0.25, -0.2) is 0 Å². The van der Waals surface area contributed by atoms with Gasteiger partial charge in [0, 0.05) is 30.6 Å². The molecule has 5 heteroatoms. The van der Waals surface area contributed by atoms with E-state index in [4.69, 9.17) is 13.0 Å². The van der Waals surface area contributed by atoms with Crippen LogP contribution in [0.2, 0.25) is 5.02 Å². The van der Waals surface area contributed by atoms with Crippen LogP contribution in [0.15, 0.2) is 54.7 Å². The van der Waals surface area contributed by atoms with E-state index in [0.29, 0.717) is 5.02 Å². The van der Waals surface area contributed by atoms with Crippen LogP contribution in [0.5, 0.6) is 0 Å². The third-order valence-corrected chi connectivity index (χ3v) is 5.39. The molecule has 1 heterocycles. The second-order valence-electron chi connectivity index (χ2n) is 7.32. The minimum absolute atomic E-state index is 0.0283. The molecular formula is C23H26ClN3O. The summed E-state index contributed by atoms with van der Waals surface area (Å²) in [4.78, 5) is 11.8. The summed E-state index contributed by atoms with van der Waals surface area (Å²) < 4.78 is 9.31. The van der Waals surface area contributed by atoms with Crippen LogP contribution in [-0.4, -0.2) is 21.3 Å². The van der Waals surface area contributed by atoms with Gasteiger partial charge in [0.1, 0.15) is 7.63 Å². The lowest BCUT2D eigenvalue weighted by atomic mass is 9.77. The summed E-state index contributed by atoms with van der Waals surface area (Å²) in [5, 5.41) is 8.82. The Morgan fingerprint density at radius 3 is 2.36 bits per heavy atom. The molecule has 2 atom stereocenters. The van der Waals surface area contributed by atoms with Gasteiger partial charge in [0.25, 0.3) is 0 Å². The number of aldehydes is 1. The topological polar surface area (TPSA) is 47.8 Å². The van der Waals surface area contributed by atoms with Gasteiger partial charge in [-0.2, -0.15) is 0 Å². The molecule has 3 rings (SSSR count). The van der Waals surface area contributed by atoms with E-state index in [1.807, 2.05) is 37.5 Å². The van der Waals surface area contributed by atoms with Crippen molar-refractivity contribution < 1.29 is 6.17 Å². The summed E-state index contributed by atoms with van der Waals surface area (Å²) in [5.41, 5.74) is 4.41. The summed E-state index contributed by atoms with van der Waals surface area (Å²) in [7, 11) is 1.85. The van der Waals surface area contributed by atoms with E-state index >= 15 is 0 Å². The van der Waals surface area contributed by atoms with E-state index in [-0.39, 0.29) is 18.3 Å². The van der Waals surface area contributed by atoms with Gasteiger partial charge >= 0.3 is 0 Å². The number of carbonyl (C=O) groups excluding carboxylic acids is 1. The van der Waals surface area contributed by atoms with Crippen molar-refractivity contribution >= 4 is 17.9 Å². The van der Waals surface area contributed by atoms with E-state index in [1.54, 1.807) is 4.68 Å². The lowest BCUT2D eigenvalue weighted by molar-refractivity contribution is -0.108. The highest BCUT2D eigenvalue weighted by Crippen LogP contribution is 2.37. The molecule has 0 radical (unpaired) electrons. The highest BCUT2D eigenvalue weighted by atomic mass is 35.5. The van der Waals surface area contributed by atoms with Crippen LogP contribution in [0.25, 0.3) is 0 Å². The summed E-state index contributed by atoms with van der Waals surface area (Å²) in [6.45, 7) is 2.06. The first-order valence-corrected chi connectivity index (χ1v) is 9.97. The number of hydrogen-bond donors (Lipinski definition) is 0. The fraction of sp³-hybridized carbons (Fsp3) is 0.348. The second-order valence-corrected chi connectivity index (χ2v) is 7.76. The fourth-order valence-corrected chi connectivity index (χ4v) is 3.86. The van der Waals surface area contributed by atoms with Gasteiger partial charge in [-0.05, 0) is 55.4 Å². The summed E-state index contributed by atoms with van der Waals surface area (Å²) in [5.74, 6) is 0.0598. The van der Waals surface area contributed by atoms with Gasteiger partial charge < -0.3 is 4.79 Å². The molecule has 4 nitrogen and oxygen atoms in total. The Bertz CT molecular complexity index is 892. The third-order valence-electron chi connectivity index (χ3n) is 5.14. The monoisotopic (exact) mass is 396 g/mol. The summed E-state index contributed by atoms with van der Waals surface area (Å²) in [6, 6.07) is 16.3. The molecule has 0 aliphatic rings. The quantitative estimate of drug-likeness (QED) is 0.470. The molecule has 0 N–H and O–H groups in total. The van der Waals surface area contributed by atoms with Gasteiger partial charge in [0.15, 0.2) is 0 Å². The van der Waals surface area contributed by atoms with E-state index < -0.39 is 6.26 Å². The van der Waals surface area contributed by atoms with Crippen molar-refractivity contribution in [3.63, 3.8) is 0 Å². The minimum atomic E-state index is -0.527. The lowest BCUT2D eigenvalue weighted by Crippen LogP contribution is -2.16. The SMILES string of the molecule is [2H]C(=O)CC(CCCc1cn(C)nn1)C(c1ccc(C)cc1)c1ccc(Cl)cc1. The van der Waals surface area contributed by atoms with Gasteiger partial charge in [0.2, 0.25) is 0 Å². The largest absolute Gasteiger partial charge is 0.303 e. The molecule has 2 unspecified atom stereocenters. The number of rotatable bonds is 9. The van der Waals surface area contributed by atoms with Crippen molar-refractivity contribution in [1.82, 2.24) is 15.0 Å². The van der Waals surface area contributed by atoms with Crippen LogP contribution in [0.1, 0.15) is 48.9 Å². The first kappa shape index (κ1) is 18.9. The highest BCUT2D eigenvalue weighted by Gasteiger charge is 2.24. The molecule has 0 saturated heterocycles. The Morgan fingerprint density at radius 2 is 1.79 bits per heavy atom. The van der Waals surface area contributed by atoms with Crippen LogP contribution in [-0.2, 0) is 18.3 Å². The van der Waals surface area contributed by atoms with E-state index in [1.165, 1.54) is 5.56 Å². The Morgan fingerprint density at radius 1 is 1.14 bits per heavy atom. The normalized spacial score (nSPS) is 13.8. The Kier molecular flexibility index (Phi) is 6.51. The molecule has 0 spiro atoms. The standard InChI is InChI=1S/C23H26ClN3O/c1-17-6-8-19(9-7-17)23(20-10-12-21(24)13-11-20)18(14-15-28)4-3-5-22-16-27(2)26-25-22/h6-13,15-16,18,23H,3-5,14H2,1-2H3/i15D.